The first kappa shape index (κ1) is 12.0. The van der Waals surface area contributed by atoms with Gasteiger partial charge in [0.2, 0.25) is 11.8 Å². The number of aromatic nitrogens is 2. The number of hydrogen-bond acceptors (Lipinski definition) is 6. The maximum absolute atomic E-state index is 9.30. The fourth-order valence-electron chi connectivity index (χ4n) is 1.40. The highest BCUT2D eigenvalue weighted by Crippen LogP contribution is 2.15. The molecule has 6 nitrogen and oxygen atoms in total. The van der Waals surface area contributed by atoms with Crippen molar-refractivity contribution in [1.29, 1.82) is 0 Å². The van der Waals surface area contributed by atoms with Crippen LogP contribution in [-0.4, -0.2) is 28.2 Å². The number of nitrogens with one attached hydrogen (secondary N) is 2. The summed E-state index contributed by atoms with van der Waals surface area (Å²) in [7, 11) is 0. The van der Waals surface area contributed by atoms with E-state index in [-0.39, 0.29) is 11.6 Å². The van der Waals surface area contributed by atoms with Crippen molar-refractivity contribution in [3.63, 3.8) is 0 Å². The highest BCUT2D eigenvalue weighted by Gasteiger charge is 2.01. The van der Waals surface area contributed by atoms with Gasteiger partial charge in [-0.2, -0.15) is 4.98 Å². The molecule has 0 saturated carbocycles. The van der Waals surface area contributed by atoms with Crippen molar-refractivity contribution in [3.05, 3.63) is 36.5 Å². The van der Waals surface area contributed by atoms with Crippen molar-refractivity contribution in [2.24, 2.45) is 0 Å². The fraction of sp³-hybridized carbons (Fsp3) is 0.167. The van der Waals surface area contributed by atoms with E-state index in [4.69, 9.17) is 5.73 Å². The molecule has 0 aliphatic heterocycles. The molecule has 2 rings (SSSR count). The summed E-state index contributed by atoms with van der Waals surface area (Å²) in [4.78, 5) is 7.75. The Hall–Kier alpha value is -2.50. The minimum Gasteiger partial charge on any atom is -0.492 e. The zero-order valence-electron chi connectivity index (χ0n) is 9.80. The number of nitrogen functional groups attached to an aromatic ring is 1. The van der Waals surface area contributed by atoms with Crippen LogP contribution >= 0.6 is 0 Å². The monoisotopic (exact) mass is 245 g/mol. The zero-order valence-corrected chi connectivity index (χ0v) is 9.80. The van der Waals surface area contributed by atoms with Gasteiger partial charge in [-0.15, -0.1) is 0 Å². The van der Waals surface area contributed by atoms with Crippen molar-refractivity contribution < 1.29 is 5.11 Å². The molecule has 5 N–H and O–H groups in total. The molecule has 1 aromatic carbocycles. The third-order valence-corrected chi connectivity index (χ3v) is 2.31. The van der Waals surface area contributed by atoms with Crippen LogP contribution in [0.25, 0.3) is 0 Å². The molecule has 0 bridgehead atoms. The Morgan fingerprint density at radius 2 is 1.83 bits per heavy atom. The Morgan fingerprint density at radius 3 is 2.56 bits per heavy atom. The number of hydrogen-bond donors (Lipinski definition) is 4. The summed E-state index contributed by atoms with van der Waals surface area (Å²) < 4.78 is 0. The maximum atomic E-state index is 9.30. The van der Waals surface area contributed by atoms with Gasteiger partial charge in [-0.3, -0.25) is 0 Å². The first-order valence-corrected chi connectivity index (χ1v) is 5.60. The average Bonchev–Trinajstić information content (AvgIpc) is 2.40. The Balaban J connectivity index is 1.77. The van der Waals surface area contributed by atoms with Crippen LogP contribution in [0.3, 0.4) is 0 Å². The number of aromatic hydroxyl groups is 1. The van der Waals surface area contributed by atoms with Crippen molar-refractivity contribution in [3.8, 4) is 5.88 Å². The third kappa shape index (κ3) is 3.24. The third-order valence-electron chi connectivity index (χ3n) is 2.31. The van der Waals surface area contributed by atoms with Gasteiger partial charge in [0.1, 0.15) is 5.69 Å². The Bertz CT molecular complexity index is 503. The molecule has 0 fully saturated rings. The summed E-state index contributed by atoms with van der Waals surface area (Å²) in [6, 6.07) is 9.89. The van der Waals surface area contributed by atoms with Gasteiger partial charge in [-0.05, 0) is 12.1 Å². The van der Waals surface area contributed by atoms with Gasteiger partial charge >= 0.3 is 0 Å². The fourth-order valence-corrected chi connectivity index (χ4v) is 1.40. The first-order chi connectivity index (χ1) is 8.75. The number of benzene rings is 1. The molecule has 18 heavy (non-hydrogen) atoms. The molecule has 0 saturated heterocycles. The molecule has 0 amide bonds. The van der Waals surface area contributed by atoms with E-state index in [1.54, 1.807) is 0 Å². The van der Waals surface area contributed by atoms with Crippen LogP contribution < -0.4 is 16.4 Å². The topological polar surface area (TPSA) is 96.1 Å². The number of anilines is 3. The molecule has 0 unspecified atom stereocenters. The van der Waals surface area contributed by atoms with Crippen molar-refractivity contribution >= 4 is 17.3 Å². The SMILES string of the molecule is Nc1cnc(NCCNc2ccccc2)nc1O. The molecule has 0 atom stereocenters. The van der Waals surface area contributed by atoms with Crippen LogP contribution in [0.2, 0.25) is 0 Å². The highest BCUT2D eigenvalue weighted by molar-refractivity contribution is 5.48. The highest BCUT2D eigenvalue weighted by atomic mass is 16.3. The molecular weight excluding hydrogens is 230 g/mol. The first-order valence-electron chi connectivity index (χ1n) is 5.60. The minimum absolute atomic E-state index is 0.169. The Kier molecular flexibility index (Phi) is 3.80. The summed E-state index contributed by atoms with van der Waals surface area (Å²) in [5.41, 5.74) is 6.63. The number of nitrogens with zero attached hydrogens (tertiary/aromatic N) is 2. The predicted molar refractivity (Wildman–Crippen MR) is 71.5 cm³/mol. The average molecular weight is 245 g/mol. The van der Waals surface area contributed by atoms with Crippen LogP contribution in [0.4, 0.5) is 17.3 Å². The lowest BCUT2D eigenvalue weighted by atomic mass is 10.3. The lowest BCUT2D eigenvalue weighted by Gasteiger charge is -2.08. The normalized spacial score (nSPS) is 10.0. The van der Waals surface area contributed by atoms with E-state index in [0.717, 1.165) is 12.2 Å². The summed E-state index contributed by atoms with van der Waals surface area (Å²) in [5, 5.41) is 15.5. The van der Waals surface area contributed by atoms with Gasteiger partial charge in [0.05, 0.1) is 6.20 Å². The van der Waals surface area contributed by atoms with Crippen LogP contribution in [-0.2, 0) is 0 Å². The van der Waals surface area contributed by atoms with E-state index in [1.807, 2.05) is 30.3 Å². The van der Waals surface area contributed by atoms with Gasteiger partial charge < -0.3 is 21.5 Å². The maximum Gasteiger partial charge on any atom is 0.239 e. The zero-order chi connectivity index (χ0) is 12.8. The molecule has 1 heterocycles. The van der Waals surface area contributed by atoms with Crippen LogP contribution in [0.15, 0.2) is 36.5 Å². The van der Waals surface area contributed by atoms with Gasteiger partial charge in [0.15, 0.2) is 0 Å². The van der Waals surface area contributed by atoms with E-state index >= 15 is 0 Å². The number of nitrogens with two attached hydrogens (primary N) is 1. The molecule has 94 valence electrons. The summed E-state index contributed by atoms with van der Waals surface area (Å²) in [6.45, 7) is 1.36. The van der Waals surface area contributed by atoms with Crippen molar-refractivity contribution in [2.45, 2.75) is 0 Å². The standard InChI is InChI=1S/C12H15N5O/c13-10-8-16-12(17-11(10)18)15-7-6-14-9-4-2-1-3-5-9/h1-5,8,14H,6-7,13H2,(H2,15,16,17,18). The van der Waals surface area contributed by atoms with Crippen LogP contribution in [0, 0.1) is 0 Å². The van der Waals surface area contributed by atoms with E-state index in [1.165, 1.54) is 6.20 Å². The second kappa shape index (κ2) is 5.72. The molecule has 1 aromatic heterocycles. The molecule has 0 aliphatic rings. The van der Waals surface area contributed by atoms with Crippen molar-refractivity contribution in [2.75, 3.05) is 29.5 Å². The summed E-state index contributed by atoms with van der Waals surface area (Å²) in [5.74, 6) is 0.153. The van der Waals surface area contributed by atoms with Crippen LogP contribution in [0.5, 0.6) is 5.88 Å². The molecule has 0 radical (unpaired) electrons. The molecule has 0 aliphatic carbocycles. The second-order valence-corrected chi connectivity index (χ2v) is 3.69. The van der Waals surface area contributed by atoms with Crippen LogP contribution in [0.1, 0.15) is 0 Å². The van der Waals surface area contributed by atoms with E-state index in [9.17, 15) is 5.11 Å². The van der Waals surface area contributed by atoms with Gasteiger partial charge in [-0.1, -0.05) is 18.2 Å². The Labute approximate surface area is 105 Å². The largest absolute Gasteiger partial charge is 0.492 e. The molecule has 6 heteroatoms. The number of rotatable bonds is 5. The van der Waals surface area contributed by atoms with E-state index < -0.39 is 0 Å². The van der Waals surface area contributed by atoms with E-state index in [0.29, 0.717) is 12.5 Å². The lowest BCUT2D eigenvalue weighted by molar-refractivity contribution is 0.456. The summed E-state index contributed by atoms with van der Waals surface area (Å²) >= 11 is 0. The molecular formula is C12H15N5O. The Morgan fingerprint density at radius 1 is 1.11 bits per heavy atom. The second-order valence-electron chi connectivity index (χ2n) is 3.69. The number of para-hydroxylation sites is 1. The quantitative estimate of drug-likeness (QED) is 0.593. The van der Waals surface area contributed by atoms with Gasteiger partial charge in [0.25, 0.3) is 0 Å². The van der Waals surface area contributed by atoms with E-state index in [2.05, 4.69) is 20.6 Å². The van der Waals surface area contributed by atoms with Gasteiger partial charge in [0, 0.05) is 18.8 Å². The summed E-state index contributed by atoms with van der Waals surface area (Å²) in [6.07, 6.45) is 1.37. The minimum atomic E-state index is -0.205. The molecule has 0 spiro atoms. The van der Waals surface area contributed by atoms with Crippen molar-refractivity contribution in [1.82, 2.24) is 9.97 Å². The lowest BCUT2D eigenvalue weighted by Crippen LogP contribution is -2.15. The predicted octanol–water partition coefficient (Wildman–Crippen LogP) is 1.29. The molecule has 2 aromatic rings. The smallest absolute Gasteiger partial charge is 0.239 e. The van der Waals surface area contributed by atoms with Gasteiger partial charge in [-0.25, -0.2) is 4.98 Å².